The molecule has 0 spiro atoms. The van der Waals surface area contributed by atoms with E-state index in [0.717, 1.165) is 61.1 Å². The molecule has 0 radical (unpaired) electrons. The van der Waals surface area contributed by atoms with Gasteiger partial charge >= 0.3 is 0 Å². The van der Waals surface area contributed by atoms with Crippen molar-refractivity contribution in [3.05, 3.63) is 48.3 Å². The van der Waals surface area contributed by atoms with Gasteiger partial charge in [0.25, 0.3) is 5.19 Å². The molecule has 4 rings (SSSR count). The van der Waals surface area contributed by atoms with Gasteiger partial charge < -0.3 is 20.1 Å². The summed E-state index contributed by atoms with van der Waals surface area (Å²) >= 11 is 1.32. The minimum Gasteiger partial charge on any atom is -0.494 e. The lowest BCUT2D eigenvalue weighted by molar-refractivity contribution is 0.254. The highest BCUT2D eigenvalue weighted by molar-refractivity contribution is 7.20. The quantitative estimate of drug-likeness (QED) is 0.496. The number of nitrogens with zero attached hydrogens (tertiary/aromatic N) is 2. The highest BCUT2D eigenvalue weighted by Crippen LogP contribution is 2.39. The topological polar surface area (TPSA) is 57.6 Å². The highest BCUT2D eigenvalue weighted by Gasteiger charge is 2.36. The van der Waals surface area contributed by atoms with E-state index in [1.54, 1.807) is 12.1 Å². The molecular formula is C23H28FN3O2S. The average Bonchev–Trinajstić information content (AvgIpc) is 3.15. The monoisotopic (exact) mass is 429 g/mol. The lowest BCUT2D eigenvalue weighted by atomic mass is 9.81. The van der Waals surface area contributed by atoms with E-state index in [-0.39, 0.29) is 16.5 Å². The van der Waals surface area contributed by atoms with Crippen molar-refractivity contribution in [2.24, 2.45) is 0 Å². The Morgan fingerprint density at radius 2 is 1.93 bits per heavy atom. The first-order valence-electron chi connectivity index (χ1n) is 10.5. The van der Waals surface area contributed by atoms with Gasteiger partial charge in [0.05, 0.1) is 17.0 Å². The third-order valence-corrected chi connectivity index (χ3v) is 6.94. The van der Waals surface area contributed by atoms with E-state index in [1.807, 2.05) is 12.1 Å². The van der Waals surface area contributed by atoms with Gasteiger partial charge in [0.2, 0.25) is 0 Å². The maximum absolute atomic E-state index is 13.0. The van der Waals surface area contributed by atoms with E-state index in [4.69, 9.17) is 4.74 Å². The molecule has 1 saturated heterocycles. The molecule has 5 nitrogen and oxygen atoms in total. The molecule has 30 heavy (non-hydrogen) atoms. The normalized spacial score (nSPS) is 15.9. The number of hydrogen-bond donors (Lipinski definition) is 2. The summed E-state index contributed by atoms with van der Waals surface area (Å²) in [6.07, 6.45) is 5.18. The standard InChI is InChI=1S/C23H28FN3O2S/c1-27(19-5-4-6-20-21(19)26-22(28)30-20)23(12-14-25-15-13-23)11-2-3-16-29-18-9-7-17(24)8-10-18/h4-10,25H,2-3,11-16H2,1H3,(H,26,28). The van der Waals surface area contributed by atoms with Crippen LogP contribution in [-0.4, -0.2) is 42.4 Å². The van der Waals surface area contributed by atoms with Gasteiger partial charge in [-0.15, -0.1) is 0 Å². The molecular weight excluding hydrogens is 401 g/mol. The van der Waals surface area contributed by atoms with Crippen molar-refractivity contribution in [2.75, 3.05) is 31.6 Å². The van der Waals surface area contributed by atoms with E-state index in [9.17, 15) is 9.50 Å². The van der Waals surface area contributed by atoms with Crippen LogP contribution in [0.1, 0.15) is 32.1 Å². The third kappa shape index (κ3) is 4.52. The zero-order valence-corrected chi connectivity index (χ0v) is 18.1. The van der Waals surface area contributed by atoms with E-state index < -0.39 is 0 Å². The number of rotatable bonds is 8. The molecule has 1 fully saturated rings. The van der Waals surface area contributed by atoms with Crippen LogP contribution in [0.15, 0.2) is 42.5 Å². The fraction of sp³-hybridized carbons (Fsp3) is 0.435. The Kier molecular flexibility index (Phi) is 6.39. The van der Waals surface area contributed by atoms with Crippen LogP contribution in [-0.2, 0) is 0 Å². The summed E-state index contributed by atoms with van der Waals surface area (Å²) in [5.41, 5.74) is 2.00. The molecule has 0 unspecified atom stereocenters. The third-order valence-electron chi connectivity index (χ3n) is 6.11. The molecule has 2 heterocycles. The number of unbranched alkanes of at least 4 members (excludes halogenated alkanes) is 1. The lowest BCUT2D eigenvalue weighted by Gasteiger charge is -2.46. The summed E-state index contributed by atoms with van der Waals surface area (Å²) in [5.74, 6) is 0.460. The van der Waals surface area contributed by atoms with Gasteiger partial charge in [-0.1, -0.05) is 17.4 Å². The van der Waals surface area contributed by atoms with E-state index in [1.165, 1.54) is 23.5 Å². The largest absolute Gasteiger partial charge is 0.494 e. The predicted octanol–water partition coefficient (Wildman–Crippen LogP) is 4.95. The molecule has 2 aromatic carbocycles. The SMILES string of the molecule is CN(c1cccc2sc(O)nc12)C1(CCCCOc2ccc(F)cc2)CCNCC1. The van der Waals surface area contributed by atoms with Crippen molar-refractivity contribution < 1.29 is 14.2 Å². The summed E-state index contributed by atoms with van der Waals surface area (Å²) in [7, 11) is 2.16. The average molecular weight is 430 g/mol. The Morgan fingerprint density at radius 3 is 2.70 bits per heavy atom. The summed E-state index contributed by atoms with van der Waals surface area (Å²) in [6.45, 7) is 2.61. The molecule has 1 aliphatic heterocycles. The Morgan fingerprint density at radius 1 is 1.17 bits per heavy atom. The van der Waals surface area contributed by atoms with Crippen LogP contribution >= 0.6 is 11.3 Å². The van der Waals surface area contributed by atoms with Crippen LogP contribution in [0.5, 0.6) is 10.9 Å². The van der Waals surface area contributed by atoms with Crippen LogP contribution in [0.2, 0.25) is 0 Å². The second-order valence-electron chi connectivity index (χ2n) is 7.91. The Bertz CT molecular complexity index is 970. The van der Waals surface area contributed by atoms with Crippen LogP contribution in [0, 0.1) is 5.82 Å². The van der Waals surface area contributed by atoms with Crippen LogP contribution in [0.3, 0.4) is 0 Å². The van der Waals surface area contributed by atoms with Gasteiger partial charge in [0.15, 0.2) is 0 Å². The molecule has 160 valence electrons. The Balaban J connectivity index is 1.42. The number of nitrogens with one attached hydrogen (secondary N) is 1. The van der Waals surface area contributed by atoms with Crippen molar-refractivity contribution in [2.45, 2.75) is 37.6 Å². The summed E-state index contributed by atoms with van der Waals surface area (Å²) in [4.78, 5) is 6.76. The summed E-state index contributed by atoms with van der Waals surface area (Å²) in [5, 5.41) is 13.5. The molecule has 2 N–H and O–H groups in total. The lowest BCUT2D eigenvalue weighted by Crippen LogP contribution is -2.53. The number of anilines is 1. The number of halogens is 1. The van der Waals surface area contributed by atoms with Gasteiger partial charge in [-0.25, -0.2) is 9.37 Å². The molecule has 0 atom stereocenters. The number of para-hydroxylation sites is 1. The molecule has 0 amide bonds. The van der Waals surface area contributed by atoms with Crippen molar-refractivity contribution in [3.8, 4) is 10.9 Å². The smallest absolute Gasteiger partial charge is 0.271 e. The molecule has 7 heteroatoms. The number of ether oxygens (including phenoxy) is 1. The molecule has 0 aliphatic carbocycles. The van der Waals surface area contributed by atoms with Crippen LogP contribution < -0.4 is 15.0 Å². The van der Waals surface area contributed by atoms with Crippen molar-refractivity contribution in [1.82, 2.24) is 10.3 Å². The second-order valence-corrected chi connectivity index (χ2v) is 8.92. The number of benzene rings is 2. The fourth-order valence-electron chi connectivity index (χ4n) is 4.37. The van der Waals surface area contributed by atoms with Gasteiger partial charge in [-0.3, -0.25) is 0 Å². The predicted molar refractivity (Wildman–Crippen MR) is 120 cm³/mol. The van der Waals surface area contributed by atoms with E-state index in [0.29, 0.717) is 12.4 Å². The molecule has 1 aliphatic rings. The Hall–Kier alpha value is -2.38. The maximum atomic E-state index is 13.0. The maximum Gasteiger partial charge on any atom is 0.271 e. The number of hydrogen-bond acceptors (Lipinski definition) is 6. The fourth-order valence-corrected chi connectivity index (χ4v) is 5.10. The first-order chi connectivity index (χ1) is 14.6. The van der Waals surface area contributed by atoms with E-state index >= 15 is 0 Å². The van der Waals surface area contributed by atoms with Gasteiger partial charge in [0, 0.05) is 12.6 Å². The van der Waals surface area contributed by atoms with Gasteiger partial charge in [-0.05, 0) is 81.6 Å². The first kappa shape index (κ1) is 20.9. The Labute approximate surface area is 180 Å². The van der Waals surface area contributed by atoms with Crippen molar-refractivity contribution in [1.29, 1.82) is 0 Å². The number of aromatic hydroxyl groups is 1. The van der Waals surface area contributed by atoms with Crippen LogP contribution in [0.25, 0.3) is 10.2 Å². The van der Waals surface area contributed by atoms with E-state index in [2.05, 4.69) is 28.3 Å². The number of fused-ring (bicyclic) bond motifs is 1. The first-order valence-corrected chi connectivity index (χ1v) is 11.3. The number of piperidine rings is 1. The molecule has 1 aromatic heterocycles. The van der Waals surface area contributed by atoms with Crippen molar-refractivity contribution >= 4 is 27.2 Å². The van der Waals surface area contributed by atoms with Gasteiger partial charge in [0.1, 0.15) is 17.1 Å². The second kappa shape index (κ2) is 9.18. The summed E-state index contributed by atoms with van der Waals surface area (Å²) < 4.78 is 19.8. The number of thiazole rings is 1. The van der Waals surface area contributed by atoms with Gasteiger partial charge in [-0.2, -0.15) is 0 Å². The van der Waals surface area contributed by atoms with Crippen LogP contribution in [0.4, 0.5) is 10.1 Å². The van der Waals surface area contributed by atoms with Crippen molar-refractivity contribution in [3.63, 3.8) is 0 Å². The zero-order valence-electron chi connectivity index (χ0n) is 17.2. The molecule has 3 aromatic rings. The number of aromatic nitrogens is 1. The summed E-state index contributed by atoms with van der Waals surface area (Å²) in [6, 6.07) is 12.3. The molecule has 0 bridgehead atoms. The molecule has 0 saturated carbocycles. The highest BCUT2D eigenvalue weighted by atomic mass is 32.1. The zero-order chi connectivity index (χ0) is 21.0. The minimum absolute atomic E-state index is 0.0502. The minimum atomic E-state index is -0.248.